The molecule has 0 amide bonds. The number of nitrogens with two attached hydrogens (primary N) is 1. The summed E-state index contributed by atoms with van der Waals surface area (Å²) in [6.07, 6.45) is 5.20. The Morgan fingerprint density at radius 2 is 1.80 bits per heavy atom. The lowest BCUT2D eigenvalue weighted by atomic mass is 9.75. The van der Waals surface area contributed by atoms with Gasteiger partial charge >= 0.3 is 0 Å². The van der Waals surface area contributed by atoms with Crippen LogP contribution in [0, 0.1) is 0 Å². The van der Waals surface area contributed by atoms with Crippen molar-refractivity contribution in [2.75, 3.05) is 40.3 Å². The zero-order chi connectivity index (χ0) is 11.3. The van der Waals surface area contributed by atoms with Gasteiger partial charge in [0.2, 0.25) is 0 Å². The average molecular weight is 213 g/mol. The molecule has 15 heavy (non-hydrogen) atoms. The molecule has 0 aromatic carbocycles. The summed E-state index contributed by atoms with van der Waals surface area (Å²) in [5.74, 6) is 0. The van der Waals surface area contributed by atoms with Crippen molar-refractivity contribution in [3.8, 4) is 0 Å². The van der Waals surface area contributed by atoms with Crippen LogP contribution in [-0.2, 0) is 0 Å². The largest absolute Gasteiger partial charge is 0.329 e. The molecule has 0 radical (unpaired) electrons. The fourth-order valence-corrected chi connectivity index (χ4v) is 2.41. The Balaban J connectivity index is 2.48. The first-order chi connectivity index (χ1) is 7.14. The molecule has 1 saturated carbocycles. The summed E-state index contributed by atoms with van der Waals surface area (Å²) in [7, 11) is 4.28. The first kappa shape index (κ1) is 12.9. The summed E-state index contributed by atoms with van der Waals surface area (Å²) < 4.78 is 0. The molecule has 1 aliphatic rings. The van der Waals surface area contributed by atoms with E-state index < -0.39 is 0 Å². The van der Waals surface area contributed by atoms with E-state index in [9.17, 15) is 0 Å². The van der Waals surface area contributed by atoms with Gasteiger partial charge in [-0.05, 0) is 46.3 Å². The van der Waals surface area contributed by atoms with Crippen molar-refractivity contribution in [1.29, 1.82) is 0 Å². The minimum absolute atomic E-state index is 0.353. The minimum atomic E-state index is 0.353. The van der Waals surface area contributed by atoms with Crippen molar-refractivity contribution in [3.05, 3.63) is 0 Å². The van der Waals surface area contributed by atoms with Crippen molar-refractivity contribution < 1.29 is 0 Å². The molecule has 0 aliphatic heterocycles. The summed E-state index contributed by atoms with van der Waals surface area (Å²) >= 11 is 0. The molecule has 3 heteroatoms. The lowest BCUT2D eigenvalue weighted by molar-refractivity contribution is 0.0191. The molecule has 90 valence electrons. The highest BCUT2D eigenvalue weighted by atomic mass is 15.2. The molecule has 0 bridgehead atoms. The van der Waals surface area contributed by atoms with Gasteiger partial charge in [-0.25, -0.2) is 0 Å². The third-order valence-electron chi connectivity index (χ3n) is 3.65. The molecule has 1 rings (SSSR count). The second-order valence-electron chi connectivity index (χ2n) is 5.07. The third kappa shape index (κ3) is 3.16. The first-order valence-corrected chi connectivity index (χ1v) is 6.24. The SMILES string of the molecule is CCCN(CCN(C)C)C1(CN)CCC1. The van der Waals surface area contributed by atoms with Gasteiger partial charge < -0.3 is 10.6 Å². The van der Waals surface area contributed by atoms with E-state index in [-0.39, 0.29) is 0 Å². The van der Waals surface area contributed by atoms with Crippen LogP contribution in [0.2, 0.25) is 0 Å². The van der Waals surface area contributed by atoms with E-state index >= 15 is 0 Å². The Morgan fingerprint density at radius 1 is 1.13 bits per heavy atom. The lowest BCUT2D eigenvalue weighted by Crippen LogP contribution is -2.59. The fourth-order valence-electron chi connectivity index (χ4n) is 2.41. The van der Waals surface area contributed by atoms with E-state index in [1.807, 2.05) is 0 Å². The Morgan fingerprint density at radius 3 is 2.13 bits per heavy atom. The molecular weight excluding hydrogens is 186 g/mol. The van der Waals surface area contributed by atoms with Crippen molar-refractivity contribution >= 4 is 0 Å². The van der Waals surface area contributed by atoms with Crippen molar-refractivity contribution in [2.45, 2.75) is 38.1 Å². The predicted molar refractivity (Wildman–Crippen MR) is 66.1 cm³/mol. The van der Waals surface area contributed by atoms with Crippen LogP contribution in [0.1, 0.15) is 32.6 Å². The molecule has 0 atom stereocenters. The van der Waals surface area contributed by atoms with Gasteiger partial charge in [-0.2, -0.15) is 0 Å². The second-order valence-corrected chi connectivity index (χ2v) is 5.07. The maximum Gasteiger partial charge on any atom is 0.0332 e. The summed E-state index contributed by atoms with van der Waals surface area (Å²) in [5.41, 5.74) is 6.30. The lowest BCUT2D eigenvalue weighted by Gasteiger charge is -2.50. The Hall–Kier alpha value is -0.120. The van der Waals surface area contributed by atoms with Crippen LogP contribution in [-0.4, -0.2) is 55.6 Å². The van der Waals surface area contributed by atoms with E-state index in [4.69, 9.17) is 5.73 Å². The molecule has 0 heterocycles. The van der Waals surface area contributed by atoms with E-state index in [0.29, 0.717) is 5.54 Å². The van der Waals surface area contributed by atoms with Crippen LogP contribution in [0.3, 0.4) is 0 Å². The summed E-state index contributed by atoms with van der Waals surface area (Å²) in [6.45, 7) is 6.59. The maximum absolute atomic E-state index is 5.95. The maximum atomic E-state index is 5.95. The van der Waals surface area contributed by atoms with Crippen molar-refractivity contribution in [1.82, 2.24) is 9.80 Å². The topological polar surface area (TPSA) is 32.5 Å². The zero-order valence-corrected chi connectivity index (χ0v) is 10.6. The smallest absolute Gasteiger partial charge is 0.0332 e. The number of rotatable bonds is 7. The Kier molecular flexibility index (Phi) is 5.03. The highest BCUT2D eigenvalue weighted by Gasteiger charge is 2.40. The van der Waals surface area contributed by atoms with E-state index in [2.05, 4.69) is 30.8 Å². The Labute approximate surface area is 94.6 Å². The minimum Gasteiger partial charge on any atom is -0.329 e. The molecule has 0 aromatic heterocycles. The van der Waals surface area contributed by atoms with E-state index in [0.717, 1.165) is 19.6 Å². The second kappa shape index (κ2) is 5.83. The van der Waals surface area contributed by atoms with Gasteiger partial charge in [0.15, 0.2) is 0 Å². The van der Waals surface area contributed by atoms with Crippen LogP contribution in [0.5, 0.6) is 0 Å². The van der Waals surface area contributed by atoms with Gasteiger partial charge in [0.05, 0.1) is 0 Å². The molecule has 3 nitrogen and oxygen atoms in total. The quantitative estimate of drug-likeness (QED) is 0.688. The number of nitrogens with zero attached hydrogens (tertiary/aromatic N) is 2. The molecule has 1 fully saturated rings. The monoisotopic (exact) mass is 213 g/mol. The zero-order valence-electron chi connectivity index (χ0n) is 10.6. The van der Waals surface area contributed by atoms with Crippen LogP contribution in [0.4, 0.5) is 0 Å². The molecular formula is C12H27N3. The highest BCUT2D eigenvalue weighted by Crippen LogP contribution is 2.36. The van der Waals surface area contributed by atoms with Gasteiger partial charge in [0.25, 0.3) is 0 Å². The van der Waals surface area contributed by atoms with Crippen LogP contribution in [0.15, 0.2) is 0 Å². The third-order valence-corrected chi connectivity index (χ3v) is 3.65. The number of hydrogen-bond donors (Lipinski definition) is 1. The molecule has 0 saturated heterocycles. The van der Waals surface area contributed by atoms with Gasteiger partial charge in [-0.1, -0.05) is 6.92 Å². The van der Waals surface area contributed by atoms with Crippen molar-refractivity contribution in [3.63, 3.8) is 0 Å². The predicted octanol–water partition coefficient (Wildman–Crippen LogP) is 1.14. The first-order valence-electron chi connectivity index (χ1n) is 6.24. The average Bonchev–Trinajstić information content (AvgIpc) is 2.13. The number of likely N-dealkylation sites (N-methyl/N-ethyl adjacent to an activating group) is 1. The normalized spacial score (nSPS) is 19.6. The van der Waals surface area contributed by atoms with Crippen molar-refractivity contribution in [2.24, 2.45) is 5.73 Å². The van der Waals surface area contributed by atoms with Crippen LogP contribution < -0.4 is 5.73 Å². The van der Waals surface area contributed by atoms with Gasteiger partial charge in [0, 0.05) is 25.2 Å². The van der Waals surface area contributed by atoms with Gasteiger partial charge in [0.1, 0.15) is 0 Å². The summed E-state index contributed by atoms with van der Waals surface area (Å²) in [5, 5.41) is 0. The Bertz CT molecular complexity index is 170. The molecule has 0 aromatic rings. The van der Waals surface area contributed by atoms with Crippen LogP contribution >= 0.6 is 0 Å². The van der Waals surface area contributed by atoms with E-state index in [1.165, 1.54) is 32.2 Å². The summed E-state index contributed by atoms with van der Waals surface area (Å²) in [6, 6.07) is 0. The summed E-state index contributed by atoms with van der Waals surface area (Å²) in [4.78, 5) is 4.88. The molecule has 0 spiro atoms. The molecule has 0 unspecified atom stereocenters. The van der Waals surface area contributed by atoms with E-state index in [1.54, 1.807) is 0 Å². The number of hydrogen-bond acceptors (Lipinski definition) is 3. The van der Waals surface area contributed by atoms with Gasteiger partial charge in [-0.3, -0.25) is 4.90 Å². The van der Waals surface area contributed by atoms with Gasteiger partial charge in [-0.15, -0.1) is 0 Å². The molecule has 2 N–H and O–H groups in total. The highest BCUT2D eigenvalue weighted by molar-refractivity contribution is 4.98. The fraction of sp³-hybridized carbons (Fsp3) is 1.00. The van der Waals surface area contributed by atoms with Crippen LogP contribution in [0.25, 0.3) is 0 Å². The molecule has 1 aliphatic carbocycles. The standard InChI is InChI=1S/C12H27N3/c1-4-8-15(10-9-14(2)3)12(11-13)6-5-7-12/h4-11,13H2,1-3H3.